The Morgan fingerprint density at radius 2 is 2.29 bits per heavy atom. The summed E-state index contributed by atoms with van der Waals surface area (Å²) in [4.78, 5) is 0. The maximum Gasteiger partial charge on any atom is -0.0177 e. The van der Waals surface area contributed by atoms with Gasteiger partial charge in [0.15, 0.2) is 0 Å². The number of hydrogen-bond donors (Lipinski definition) is 0. The highest BCUT2D eigenvalue weighted by Crippen LogP contribution is 2.53. The first-order valence-corrected chi connectivity index (χ1v) is 5.94. The zero-order valence-electron chi connectivity index (χ0n) is 9.55. The van der Waals surface area contributed by atoms with Crippen molar-refractivity contribution in [1.82, 2.24) is 0 Å². The highest BCUT2D eigenvalue weighted by atomic mass is 14.5. The first-order chi connectivity index (χ1) is 6.64. The van der Waals surface area contributed by atoms with Crippen molar-refractivity contribution in [3.8, 4) is 0 Å². The average Bonchev–Trinajstić information content (AvgIpc) is 2.41. The molecule has 0 saturated heterocycles. The minimum atomic E-state index is 0.573. The lowest BCUT2D eigenvalue weighted by Gasteiger charge is -2.35. The highest BCUT2D eigenvalue weighted by Gasteiger charge is 2.42. The van der Waals surface area contributed by atoms with E-state index in [1.54, 1.807) is 0 Å². The minimum absolute atomic E-state index is 0.573. The van der Waals surface area contributed by atoms with E-state index in [0.29, 0.717) is 11.3 Å². The van der Waals surface area contributed by atoms with Crippen LogP contribution in [0.5, 0.6) is 0 Å². The monoisotopic (exact) mass is 190 g/mol. The molecule has 0 heteroatoms. The van der Waals surface area contributed by atoms with Crippen molar-refractivity contribution in [2.75, 3.05) is 0 Å². The van der Waals surface area contributed by atoms with Crippen LogP contribution in [0.15, 0.2) is 24.3 Å². The molecule has 0 spiro atoms. The molecule has 78 valence electrons. The van der Waals surface area contributed by atoms with E-state index in [1.165, 1.54) is 37.7 Å². The summed E-state index contributed by atoms with van der Waals surface area (Å²) >= 11 is 0. The molecular formula is C14H22. The molecule has 3 atom stereocenters. The molecule has 0 aromatic carbocycles. The average molecular weight is 190 g/mol. The van der Waals surface area contributed by atoms with Gasteiger partial charge >= 0.3 is 0 Å². The van der Waals surface area contributed by atoms with Crippen LogP contribution in [-0.4, -0.2) is 0 Å². The summed E-state index contributed by atoms with van der Waals surface area (Å²) in [6.07, 6.45) is 11.7. The summed E-state index contributed by atoms with van der Waals surface area (Å²) in [6.45, 7) is 8.72. The van der Waals surface area contributed by atoms with Gasteiger partial charge in [-0.05, 0) is 56.3 Å². The summed E-state index contributed by atoms with van der Waals surface area (Å²) in [7, 11) is 0. The number of hydrogen-bond acceptors (Lipinski definition) is 0. The predicted molar refractivity (Wildman–Crippen MR) is 62.1 cm³/mol. The number of fused-ring (bicyclic) bond motifs is 2. The quantitative estimate of drug-likeness (QED) is 0.568. The second-order valence-corrected chi connectivity index (χ2v) is 5.45. The van der Waals surface area contributed by atoms with Gasteiger partial charge < -0.3 is 0 Å². The van der Waals surface area contributed by atoms with E-state index in [-0.39, 0.29) is 0 Å². The molecule has 0 aromatic rings. The van der Waals surface area contributed by atoms with Crippen molar-refractivity contribution in [3.63, 3.8) is 0 Å². The van der Waals surface area contributed by atoms with E-state index in [2.05, 4.69) is 32.6 Å². The Kier molecular flexibility index (Phi) is 2.55. The van der Waals surface area contributed by atoms with Gasteiger partial charge in [-0.3, -0.25) is 0 Å². The van der Waals surface area contributed by atoms with E-state index < -0.39 is 0 Å². The van der Waals surface area contributed by atoms with Gasteiger partial charge in [0, 0.05) is 0 Å². The molecule has 0 heterocycles. The van der Waals surface area contributed by atoms with E-state index in [9.17, 15) is 0 Å². The van der Waals surface area contributed by atoms with Crippen molar-refractivity contribution in [3.05, 3.63) is 24.3 Å². The molecule has 14 heavy (non-hydrogen) atoms. The maximum atomic E-state index is 4.15. The highest BCUT2D eigenvalue weighted by molar-refractivity contribution is 5.10. The topological polar surface area (TPSA) is 0 Å². The van der Waals surface area contributed by atoms with Crippen LogP contribution in [0, 0.1) is 17.3 Å². The Hall–Kier alpha value is -0.520. The van der Waals surface area contributed by atoms with E-state index >= 15 is 0 Å². The fourth-order valence-electron chi connectivity index (χ4n) is 3.36. The summed E-state index contributed by atoms with van der Waals surface area (Å²) in [5.41, 5.74) is 1.95. The molecular weight excluding hydrogens is 168 g/mol. The Labute approximate surface area is 88.1 Å². The lowest BCUT2D eigenvalue weighted by Crippen LogP contribution is -2.25. The fraction of sp³-hybridized carbons (Fsp3) is 0.714. The molecule has 0 nitrogen and oxygen atoms in total. The molecule has 0 amide bonds. The van der Waals surface area contributed by atoms with Gasteiger partial charge in [0.2, 0.25) is 0 Å². The molecule has 0 radical (unpaired) electrons. The Morgan fingerprint density at radius 3 is 3.00 bits per heavy atom. The van der Waals surface area contributed by atoms with Gasteiger partial charge in [-0.15, -0.1) is 0 Å². The molecule has 3 unspecified atom stereocenters. The summed E-state index contributed by atoms with van der Waals surface area (Å²) in [5.74, 6) is 1.67. The van der Waals surface area contributed by atoms with Crippen LogP contribution in [0.25, 0.3) is 0 Å². The SMILES string of the molecule is C=C(C)C(C)C12CC=CCC(CC1)C2. The van der Waals surface area contributed by atoms with Gasteiger partial charge in [0.05, 0.1) is 0 Å². The maximum absolute atomic E-state index is 4.15. The Bertz CT molecular complexity index is 261. The van der Waals surface area contributed by atoms with Crippen molar-refractivity contribution in [2.45, 2.75) is 46.0 Å². The van der Waals surface area contributed by atoms with Crippen LogP contribution in [0.2, 0.25) is 0 Å². The van der Waals surface area contributed by atoms with Gasteiger partial charge in [-0.1, -0.05) is 31.2 Å². The third-order valence-electron chi connectivity index (χ3n) is 4.56. The first kappa shape index (κ1) is 10.0. The molecule has 0 aromatic heterocycles. The lowest BCUT2D eigenvalue weighted by molar-refractivity contribution is 0.208. The molecule has 2 aliphatic carbocycles. The molecule has 1 saturated carbocycles. The van der Waals surface area contributed by atoms with Crippen LogP contribution in [-0.2, 0) is 0 Å². The predicted octanol–water partition coefficient (Wildman–Crippen LogP) is 4.34. The molecule has 0 N–H and O–H groups in total. The standard InChI is InChI=1S/C14H22/c1-11(2)12(3)14-8-5-4-6-13(10-14)7-9-14/h4-5,12-13H,1,6-10H2,2-3H3. The fourth-order valence-corrected chi connectivity index (χ4v) is 3.36. The van der Waals surface area contributed by atoms with Crippen LogP contribution in [0.1, 0.15) is 46.0 Å². The van der Waals surface area contributed by atoms with Crippen LogP contribution < -0.4 is 0 Å². The van der Waals surface area contributed by atoms with E-state index in [0.717, 1.165) is 5.92 Å². The minimum Gasteiger partial charge on any atom is -0.0999 e. The molecule has 1 fully saturated rings. The second kappa shape index (κ2) is 3.56. The van der Waals surface area contributed by atoms with Crippen molar-refractivity contribution in [1.29, 1.82) is 0 Å². The van der Waals surface area contributed by atoms with E-state index in [1.807, 2.05) is 0 Å². The van der Waals surface area contributed by atoms with Crippen molar-refractivity contribution >= 4 is 0 Å². The first-order valence-electron chi connectivity index (χ1n) is 5.94. The number of allylic oxidation sites excluding steroid dienone is 3. The molecule has 2 aliphatic rings. The lowest BCUT2D eigenvalue weighted by atomic mass is 9.70. The zero-order valence-corrected chi connectivity index (χ0v) is 9.55. The smallest absolute Gasteiger partial charge is 0.0177 e. The Balaban J connectivity index is 2.21. The molecule has 2 bridgehead atoms. The molecule has 2 rings (SSSR count). The normalized spacial score (nSPS) is 38.0. The van der Waals surface area contributed by atoms with Gasteiger partial charge in [0.25, 0.3) is 0 Å². The van der Waals surface area contributed by atoms with Crippen LogP contribution in [0.3, 0.4) is 0 Å². The summed E-state index contributed by atoms with van der Waals surface area (Å²) in [6, 6.07) is 0. The van der Waals surface area contributed by atoms with E-state index in [4.69, 9.17) is 0 Å². The Morgan fingerprint density at radius 1 is 1.50 bits per heavy atom. The largest absolute Gasteiger partial charge is 0.0999 e. The van der Waals surface area contributed by atoms with Crippen molar-refractivity contribution < 1.29 is 0 Å². The third kappa shape index (κ3) is 1.55. The zero-order chi connectivity index (χ0) is 10.2. The molecule has 0 aliphatic heterocycles. The summed E-state index contributed by atoms with van der Waals surface area (Å²) in [5, 5.41) is 0. The second-order valence-electron chi connectivity index (χ2n) is 5.45. The number of rotatable bonds is 2. The van der Waals surface area contributed by atoms with Gasteiger partial charge in [-0.25, -0.2) is 0 Å². The van der Waals surface area contributed by atoms with Crippen LogP contribution in [0.4, 0.5) is 0 Å². The third-order valence-corrected chi connectivity index (χ3v) is 4.56. The van der Waals surface area contributed by atoms with Gasteiger partial charge in [0.1, 0.15) is 0 Å². The van der Waals surface area contributed by atoms with Crippen LogP contribution >= 0.6 is 0 Å². The van der Waals surface area contributed by atoms with Crippen molar-refractivity contribution in [2.24, 2.45) is 17.3 Å². The van der Waals surface area contributed by atoms with Gasteiger partial charge in [-0.2, -0.15) is 0 Å². The summed E-state index contributed by atoms with van der Waals surface area (Å²) < 4.78 is 0.